The van der Waals surface area contributed by atoms with Crippen LogP contribution in [0.2, 0.25) is 0 Å². The molecule has 0 aliphatic heterocycles. The van der Waals surface area contributed by atoms with Crippen LogP contribution in [0, 0.1) is 0 Å². The van der Waals surface area contributed by atoms with Crippen molar-refractivity contribution in [1.82, 2.24) is 25.9 Å². The fourth-order valence-corrected chi connectivity index (χ4v) is 3.62. The first-order valence-corrected chi connectivity index (χ1v) is 12.8. The van der Waals surface area contributed by atoms with E-state index in [0.717, 1.165) is 0 Å². The number of hydrogen-bond donors (Lipinski definition) is 6. The van der Waals surface area contributed by atoms with Crippen molar-refractivity contribution in [2.45, 2.75) is 50.4 Å². The van der Waals surface area contributed by atoms with Gasteiger partial charge in [-0.3, -0.25) is 14.4 Å². The molecule has 7 N–H and O–H groups in total. The molecule has 0 aromatic carbocycles. The molecule has 13 heteroatoms. The number of amides is 3. The summed E-state index contributed by atoms with van der Waals surface area (Å²) >= 11 is 3.01. The lowest BCUT2D eigenvalue weighted by Crippen LogP contribution is -2.57. The number of nitrogens with one attached hydrogen (secondary N) is 4. The molecule has 0 aliphatic carbocycles. The molecule has 1 aromatic rings. The van der Waals surface area contributed by atoms with Crippen LogP contribution >= 0.6 is 23.5 Å². The van der Waals surface area contributed by atoms with Gasteiger partial charge in [0.15, 0.2) is 0 Å². The smallest absolute Gasteiger partial charge is 0.326 e. The summed E-state index contributed by atoms with van der Waals surface area (Å²) < 4.78 is 0. The highest BCUT2D eigenvalue weighted by atomic mass is 32.2. The predicted octanol–water partition coefficient (Wildman–Crippen LogP) is -0.655. The minimum Gasteiger partial charge on any atom is -0.480 e. The van der Waals surface area contributed by atoms with E-state index in [1.165, 1.54) is 43.0 Å². The number of aliphatic carboxylic acids is 1. The molecule has 0 saturated heterocycles. The lowest BCUT2D eigenvalue weighted by Gasteiger charge is -2.24. The van der Waals surface area contributed by atoms with Crippen molar-refractivity contribution in [2.75, 3.05) is 24.0 Å². The Labute approximate surface area is 195 Å². The molecular formula is C19H32N6O5S2. The molecular weight excluding hydrogens is 456 g/mol. The van der Waals surface area contributed by atoms with Crippen LogP contribution in [0.4, 0.5) is 0 Å². The molecule has 0 saturated carbocycles. The molecule has 3 amide bonds. The van der Waals surface area contributed by atoms with E-state index in [9.17, 15) is 24.3 Å². The number of imidazole rings is 1. The number of nitrogens with two attached hydrogens (primary N) is 1. The number of carbonyl (C=O) groups excluding carboxylic acids is 3. The molecule has 180 valence electrons. The zero-order valence-electron chi connectivity index (χ0n) is 18.4. The number of thioether (sulfide) groups is 2. The maximum Gasteiger partial charge on any atom is 0.326 e. The first-order valence-electron chi connectivity index (χ1n) is 10.0. The van der Waals surface area contributed by atoms with Gasteiger partial charge in [0, 0.05) is 18.3 Å². The maximum atomic E-state index is 12.9. The van der Waals surface area contributed by atoms with Crippen molar-refractivity contribution in [3.63, 3.8) is 0 Å². The molecule has 32 heavy (non-hydrogen) atoms. The zero-order valence-corrected chi connectivity index (χ0v) is 20.1. The van der Waals surface area contributed by atoms with Crippen LogP contribution in [0.15, 0.2) is 12.5 Å². The van der Waals surface area contributed by atoms with Gasteiger partial charge in [-0.05, 0) is 43.8 Å². The van der Waals surface area contributed by atoms with Gasteiger partial charge in [-0.2, -0.15) is 23.5 Å². The summed E-state index contributed by atoms with van der Waals surface area (Å²) in [6.07, 6.45) is 7.31. The third kappa shape index (κ3) is 9.92. The average Bonchev–Trinajstić information content (AvgIpc) is 3.26. The summed E-state index contributed by atoms with van der Waals surface area (Å²) in [6.45, 7) is 1.51. The minimum atomic E-state index is -1.20. The molecule has 4 unspecified atom stereocenters. The topological polar surface area (TPSA) is 179 Å². The molecule has 0 spiro atoms. The van der Waals surface area contributed by atoms with Gasteiger partial charge < -0.3 is 31.8 Å². The van der Waals surface area contributed by atoms with Crippen molar-refractivity contribution < 1.29 is 24.3 Å². The lowest BCUT2D eigenvalue weighted by molar-refractivity contribution is -0.142. The third-order valence-electron chi connectivity index (χ3n) is 4.49. The highest BCUT2D eigenvalue weighted by molar-refractivity contribution is 7.98. The molecule has 0 bridgehead atoms. The van der Waals surface area contributed by atoms with Gasteiger partial charge in [0.1, 0.15) is 18.1 Å². The van der Waals surface area contributed by atoms with Crippen molar-refractivity contribution in [3.8, 4) is 0 Å². The number of nitrogens with zero attached hydrogens (tertiary/aromatic N) is 1. The molecule has 4 atom stereocenters. The van der Waals surface area contributed by atoms with Gasteiger partial charge in [-0.1, -0.05) is 0 Å². The monoisotopic (exact) mass is 488 g/mol. The van der Waals surface area contributed by atoms with Crippen LogP contribution in [-0.4, -0.2) is 86.9 Å². The predicted molar refractivity (Wildman–Crippen MR) is 125 cm³/mol. The van der Waals surface area contributed by atoms with Crippen LogP contribution in [0.1, 0.15) is 25.5 Å². The van der Waals surface area contributed by atoms with Gasteiger partial charge in [-0.25, -0.2) is 9.78 Å². The fourth-order valence-electron chi connectivity index (χ4n) is 2.67. The number of carboxylic acids is 1. The molecule has 1 rings (SSSR count). The first-order chi connectivity index (χ1) is 15.2. The summed E-state index contributed by atoms with van der Waals surface area (Å²) in [6, 6.07) is -3.79. The van der Waals surface area contributed by atoms with Crippen molar-refractivity contribution in [1.29, 1.82) is 0 Å². The second-order valence-corrected chi connectivity index (χ2v) is 9.13. The van der Waals surface area contributed by atoms with Crippen molar-refractivity contribution in [3.05, 3.63) is 18.2 Å². The molecule has 11 nitrogen and oxygen atoms in total. The van der Waals surface area contributed by atoms with E-state index >= 15 is 0 Å². The summed E-state index contributed by atoms with van der Waals surface area (Å²) in [5, 5.41) is 17.3. The maximum absolute atomic E-state index is 12.9. The van der Waals surface area contributed by atoms with E-state index in [4.69, 9.17) is 5.73 Å². The number of rotatable bonds is 15. The highest BCUT2D eigenvalue weighted by Gasteiger charge is 2.29. The number of aromatic nitrogens is 2. The summed E-state index contributed by atoms with van der Waals surface area (Å²) in [5.74, 6) is -1.62. The third-order valence-corrected chi connectivity index (χ3v) is 5.78. The quantitative estimate of drug-likeness (QED) is 0.187. The van der Waals surface area contributed by atoms with Crippen molar-refractivity contribution >= 4 is 47.2 Å². The number of carboxylic acid groups (broad SMARTS) is 1. The summed E-state index contributed by atoms with van der Waals surface area (Å²) in [4.78, 5) is 56.0. The number of H-pyrrole nitrogens is 1. The van der Waals surface area contributed by atoms with E-state index < -0.39 is 47.9 Å². The van der Waals surface area contributed by atoms with Gasteiger partial charge in [0.2, 0.25) is 17.7 Å². The Morgan fingerprint density at radius 1 is 1.00 bits per heavy atom. The van der Waals surface area contributed by atoms with Gasteiger partial charge in [-0.15, -0.1) is 0 Å². The SMILES string of the molecule is CSCCC(NC(=O)C(C)N)C(=O)NC(CCSC)C(=O)NC(Cc1cnc[nH]1)C(=O)O. The average molecular weight is 489 g/mol. The minimum absolute atomic E-state index is 0.0189. The Bertz CT molecular complexity index is 747. The van der Waals surface area contributed by atoms with Crippen molar-refractivity contribution in [2.24, 2.45) is 5.73 Å². The number of carbonyl (C=O) groups is 4. The molecule has 0 radical (unpaired) electrons. The molecule has 0 fully saturated rings. The van der Waals surface area contributed by atoms with E-state index in [1.54, 1.807) is 0 Å². The first kappa shape index (κ1) is 27.8. The van der Waals surface area contributed by atoms with E-state index in [0.29, 0.717) is 30.0 Å². The van der Waals surface area contributed by atoms with Gasteiger partial charge >= 0.3 is 5.97 Å². The van der Waals surface area contributed by atoms with Crippen LogP contribution in [0.5, 0.6) is 0 Å². The van der Waals surface area contributed by atoms with Crippen LogP contribution < -0.4 is 21.7 Å². The summed E-state index contributed by atoms with van der Waals surface area (Å²) in [7, 11) is 0. The normalized spacial score (nSPS) is 14.6. The second-order valence-electron chi connectivity index (χ2n) is 7.15. The Morgan fingerprint density at radius 2 is 1.50 bits per heavy atom. The second kappa shape index (κ2) is 14.7. The zero-order chi connectivity index (χ0) is 24.1. The lowest BCUT2D eigenvalue weighted by atomic mass is 10.1. The number of aromatic amines is 1. The Morgan fingerprint density at radius 3 is 1.91 bits per heavy atom. The van der Waals surface area contributed by atoms with Crippen LogP contribution in [0.3, 0.4) is 0 Å². The standard InChI is InChI=1S/C19H32N6O5S2/c1-11(20)16(26)23-13(4-6-31-2)17(27)24-14(5-7-32-3)18(28)25-15(19(29)30)8-12-9-21-10-22-12/h9-11,13-15H,4-8,20H2,1-3H3,(H,21,22)(H,23,26)(H,24,27)(H,25,28)(H,29,30). The van der Waals surface area contributed by atoms with Crippen LogP contribution in [-0.2, 0) is 25.6 Å². The molecule has 0 aliphatic rings. The fraction of sp³-hybridized carbons (Fsp3) is 0.632. The molecule has 1 heterocycles. The molecule has 1 aromatic heterocycles. The van der Waals surface area contributed by atoms with E-state index in [-0.39, 0.29) is 6.42 Å². The van der Waals surface area contributed by atoms with E-state index in [2.05, 4.69) is 25.9 Å². The summed E-state index contributed by atoms with van der Waals surface area (Å²) in [5.41, 5.74) is 6.14. The van der Waals surface area contributed by atoms with E-state index in [1.807, 2.05) is 12.5 Å². The Hall–Kier alpha value is -2.25. The Kier molecular flexibility index (Phi) is 12.8. The van der Waals surface area contributed by atoms with Gasteiger partial charge in [0.05, 0.1) is 12.4 Å². The highest BCUT2D eigenvalue weighted by Crippen LogP contribution is 2.07. The Balaban J connectivity index is 2.90. The number of hydrogen-bond acceptors (Lipinski definition) is 8. The van der Waals surface area contributed by atoms with Gasteiger partial charge in [0.25, 0.3) is 0 Å². The largest absolute Gasteiger partial charge is 0.480 e. The van der Waals surface area contributed by atoms with Crippen LogP contribution in [0.25, 0.3) is 0 Å².